The predicted octanol–water partition coefficient (Wildman–Crippen LogP) is 14.2. The first-order chi connectivity index (χ1) is 39.9. The van der Waals surface area contributed by atoms with E-state index < -0.39 is 0 Å². The Balaban J connectivity index is 0.000000161. The van der Waals surface area contributed by atoms with E-state index in [1.54, 1.807) is 93.3 Å². The lowest BCUT2D eigenvalue weighted by molar-refractivity contribution is 0.0627. The molecular weight excluding hydrogens is 1240 g/mol. The van der Waals surface area contributed by atoms with Crippen LogP contribution < -0.4 is 10.2 Å². The fourth-order valence-corrected chi connectivity index (χ4v) is 37.7. The Labute approximate surface area is 530 Å². The number of benzene rings is 4. The molecule has 4 heterocycles. The number of hydrogen-bond donors (Lipinski definition) is 1. The van der Waals surface area contributed by atoms with Gasteiger partial charge in [-0.3, -0.25) is 0 Å². The monoisotopic (exact) mass is 1330 g/mol. The molecule has 0 spiro atoms. The lowest BCUT2D eigenvalue weighted by atomic mass is 9.54. The Bertz CT molecular complexity index is 3190. The molecular formula is C63H83FN6S12. The van der Waals surface area contributed by atoms with Crippen LogP contribution in [0, 0.1) is 54.5 Å². The lowest BCUT2D eigenvalue weighted by Crippen LogP contribution is -2.54. The van der Waals surface area contributed by atoms with Gasteiger partial charge in [-0.05, 0) is 192 Å². The Hall–Kier alpha value is -1.89. The quantitative estimate of drug-likeness (QED) is 0.168. The second-order valence-electron chi connectivity index (χ2n) is 23.4. The van der Waals surface area contributed by atoms with Crippen LogP contribution >= 0.6 is 0 Å². The summed E-state index contributed by atoms with van der Waals surface area (Å²) in [5.41, 5.74) is 10.3. The number of likely N-dealkylation sites (tertiary alicyclic amines) is 2. The first kappa shape index (κ1) is 66.1. The molecule has 12 rings (SSSR count). The number of anilines is 1. The Morgan fingerprint density at radius 1 is 0.500 bits per heavy atom. The van der Waals surface area contributed by atoms with Crippen LogP contribution in [-0.4, -0.2) is 75.2 Å². The summed E-state index contributed by atoms with van der Waals surface area (Å²) in [5, 5.41) is 3.44. The third-order valence-corrected chi connectivity index (χ3v) is 39.3. The molecule has 6 nitrogen and oxygen atoms in total. The van der Waals surface area contributed by atoms with E-state index in [0.717, 1.165) is 54.3 Å². The van der Waals surface area contributed by atoms with Gasteiger partial charge in [0.25, 0.3) is 0 Å². The molecule has 2 saturated carbocycles. The summed E-state index contributed by atoms with van der Waals surface area (Å²) < 4.78 is 12.1. The number of fused-ring (bicyclic) bond motifs is 2. The minimum absolute atomic E-state index is 0. The lowest BCUT2D eigenvalue weighted by Gasteiger charge is -2.52. The summed E-state index contributed by atoms with van der Waals surface area (Å²) in [5.74, 6) is 5.07. The number of rotatable bonds is 9. The number of piperidine rings is 2. The van der Waals surface area contributed by atoms with Crippen molar-refractivity contribution in [3.8, 4) is 0 Å². The molecule has 0 aromatic heterocycles. The van der Waals surface area contributed by atoms with Crippen LogP contribution in [0.5, 0.6) is 0 Å². The van der Waals surface area contributed by atoms with Gasteiger partial charge in [0.1, 0.15) is 5.82 Å². The van der Waals surface area contributed by atoms with Crippen molar-refractivity contribution < 1.29 is 4.39 Å². The van der Waals surface area contributed by atoms with E-state index in [0.29, 0.717) is 16.5 Å². The zero-order chi connectivity index (χ0) is 56.1. The Morgan fingerprint density at radius 2 is 0.890 bits per heavy atom. The summed E-state index contributed by atoms with van der Waals surface area (Å²) in [4.78, 5) is 14.6. The van der Waals surface area contributed by atoms with Gasteiger partial charge in [-0.15, -0.1) is 0 Å². The van der Waals surface area contributed by atoms with Crippen LogP contribution in [-0.2, 0) is 135 Å². The van der Waals surface area contributed by atoms with Gasteiger partial charge in [0.15, 0.2) is 11.4 Å². The highest BCUT2D eigenvalue weighted by molar-refractivity contribution is 8.75. The molecule has 4 aromatic carbocycles. The van der Waals surface area contributed by atoms with Crippen molar-refractivity contribution in [2.45, 2.75) is 134 Å². The summed E-state index contributed by atoms with van der Waals surface area (Å²) in [6.45, 7) is 26.3. The van der Waals surface area contributed by atoms with Crippen molar-refractivity contribution in [2.24, 2.45) is 35.5 Å². The standard InChI is InChI=1S/C31H39N3.C24H36N2.C7H4FN.CH4.S12/c1-32-28-12-14-29(15-13-28)34-22-24(23-34)21-33-19-16-27(17-20-33)31(26-9-3-4-10-26)18-6-8-25-7-2-5-11-30(25)31;1-4-10-23-20(6-1)7-5-13-24(23,21-8-2-3-9-21)22-11-14-26(15-12-22)18-19-16-25-17-19;1-9-7-4-2-6(8)3-5-7;;1-3-5-7-9-11-12-10-8-6-4-2/h2,5,7,11-15,24,26-27H,3-4,6,8-10,16-23H2;1,4,6,10,19,21-22,25H,2-3,5,7-9,11-18H2;2-5H;1H4;. The number of halogens is 1. The zero-order valence-electron chi connectivity index (χ0n) is 46.5. The molecule has 6 fully saturated rings. The van der Waals surface area contributed by atoms with Crippen LogP contribution in [0.2, 0.25) is 0 Å². The first-order valence-electron chi connectivity index (χ1n) is 29.5. The number of nitrogens with one attached hydrogen (secondary N) is 1. The normalized spacial score (nSPS) is 23.1. The molecule has 0 bridgehead atoms. The van der Waals surface area contributed by atoms with Gasteiger partial charge in [0.05, 0.1) is 13.1 Å². The molecule has 4 saturated heterocycles. The van der Waals surface area contributed by atoms with Crippen LogP contribution in [0.4, 0.5) is 21.5 Å². The zero-order valence-corrected chi connectivity index (χ0v) is 56.3. The highest BCUT2D eigenvalue weighted by Gasteiger charge is 2.51. The maximum atomic E-state index is 12.1. The average molecular weight is 1330 g/mol. The fraction of sp³-hybridized carbons (Fsp3) is 0.587. The van der Waals surface area contributed by atoms with Crippen LogP contribution in [0.1, 0.15) is 132 Å². The van der Waals surface area contributed by atoms with Crippen molar-refractivity contribution in [1.29, 1.82) is 0 Å². The molecule has 82 heavy (non-hydrogen) atoms. The number of aryl methyl sites for hydroxylation is 2. The second-order valence-corrected chi connectivity index (χ2v) is 41.1. The van der Waals surface area contributed by atoms with Crippen LogP contribution in [0.3, 0.4) is 0 Å². The van der Waals surface area contributed by atoms with E-state index >= 15 is 0 Å². The minimum atomic E-state index is -0.303. The van der Waals surface area contributed by atoms with Crippen molar-refractivity contribution in [2.75, 3.05) is 70.3 Å². The smallest absolute Gasteiger partial charge is 0.187 e. The Morgan fingerprint density at radius 3 is 1.29 bits per heavy atom. The maximum absolute atomic E-state index is 12.1. The fourth-order valence-electron chi connectivity index (χ4n) is 15.8. The molecule has 2 unspecified atom stereocenters. The predicted molar refractivity (Wildman–Crippen MR) is 377 cm³/mol. The van der Waals surface area contributed by atoms with Gasteiger partial charge in [-0.25, -0.2) is 14.1 Å². The van der Waals surface area contributed by atoms with Crippen molar-refractivity contribution >= 4 is 128 Å². The molecule has 1 N–H and O–H groups in total. The van der Waals surface area contributed by atoms with Crippen LogP contribution in [0.25, 0.3) is 9.69 Å². The summed E-state index contributed by atoms with van der Waals surface area (Å²) >= 11 is 9.38. The number of nitrogens with zero attached hydrogens (tertiary/aromatic N) is 5. The third kappa shape index (κ3) is 17.5. The second kappa shape index (κ2) is 34.6. The van der Waals surface area contributed by atoms with Gasteiger partial charge >= 0.3 is 0 Å². The maximum Gasteiger partial charge on any atom is 0.187 e. The van der Waals surface area contributed by atoms with Crippen molar-refractivity contribution in [3.63, 3.8) is 0 Å². The van der Waals surface area contributed by atoms with Gasteiger partial charge in [-0.2, -0.15) is 0 Å². The van der Waals surface area contributed by atoms with E-state index in [1.807, 2.05) is 12.1 Å². The average Bonchev–Trinajstić information content (AvgIpc) is 4.38. The largest absolute Gasteiger partial charge is 0.371 e. The molecule has 0 amide bonds. The molecule has 19 heteroatoms. The van der Waals surface area contributed by atoms with E-state index in [-0.39, 0.29) is 13.2 Å². The van der Waals surface area contributed by atoms with Crippen molar-refractivity contribution in [3.05, 3.63) is 148 Å². The van der Waals surface area contributed by atoms with E-state index in [4.69, 9.17) is 13.1 Å². The van der Waals surface area contributed by atoms with E-state index in [1.165, 1.54) is 216 Å². The summed E-state index contributed by atoms with van der Waals surface area (Å²) in [7, 11) is 16.3. The summed E-state index contributed by atoms with van der Waals surface area (Å²) in [6.07, 6.45) is 25.7. The molecule has 4 aromatic rings. The molecule has 4 aliphatic carbocycles. The highest BCUT2D eigenvalue weighted by atomic mass is 33.4. The van der Waals surface area contributed by atoms with Gasteiger partial charge in [0, 0.05) is 173 Å². The van der Waals surface area contributed by atoms with Crippen LogP contribution in [0.15, 0.2) is 97.1 Å². The highest BCUT2D eigenvalue weighted by Crippen LogP contribution is 2.57. The third-order valence-electron chi connectivity index (χ3n) is 19.3. The van der Waals surface area contributed by atoms with E-state index in [2.05, 4.69) is 113 Å². The van der Waals surface area contributed by atoms with Gasteiger partial charge in [0.2, 0.25) is 0 Å². The first-order valence-corrected chi connectivity index (χ1v) is 44.1. The topological polar surface area (TPSA) is 30.5 Å². The molecule has 444 valence electrons. The molecule has 8 aliphatic rings. The molecule has 2 atom stereocenters. The molecule has 0 radical (unpaired) electrons. The minimum Gasteiger partial charge on any atom is -0.371 e. The van der Waals surface area contributed by atoms with Gasteiger partial charge < -0.3 is 20.0 Å². The number of hydrogen-bond acceptors (Lipinski definition) is 6. The summed E-state index contributed by atoms with van der Waals surface area (Å²) in [6, 6.07) is 32.7. The SMILES string of the molecule is C.S=S=S=S=S=S=S=S=S=S=S=S.[C-]#[N+]c1ccc(F)cc1.[C-]#[N+]c1ccc(N2CC(CN3CCC(C4(C5CCCC5)CCCc5ccccc54)CC3)C2)cc1.c1ccc2c(c1)CCCC2(C1CCCC1)C1CCN(CC2CNC2)CC1. The van der Waals surface area contributed by atoms with Gasteiger partial charge in [-0.1, -0.05) is 106 Å². The molecule has 4 aliphatic heterocycles. The van der Waals surface area contributed by atoms with Crippen molar-refractivity contribution in [1.82, 2.24) is 15.1 Å². The Kier molecular flexibility index (Phi) is 27.9. The van der Waals surface area contributed by atoms with E-state index in [9.17, 15) is 4.39 Å².